The van der Waals surface area contributed by atoms with Gasteiger partial charge in [0.15, 0.2) is 0 Å². The topological polar surface area (TPSA) is 29.0 Å². The van der Waals surface area contributed by atoms with Crippen molar-refractivity contribution in [3.8, 4) is 11.1 Å². The molecule has 3 heteroatoms. The minimum Gasteiger partial charge on any atom is -0.299 e. The standard InChI is InChI=1S/C19H19N3/c1-2-10-22(9-1)14-15-3-5-16(6-4-15)17-11-18-12-20-8-7-19(18)21-13-17/h3-8,11-13H,1-2,9-10,14H2. The Balaban J connectivity index is 1.58. The molecule has 1 aromatic carbocycles. The molecular formula is C19H19N3. The third kappa shape index (κ3) is 2.72. The normalized spacial score (nSPS) is 15.5. The summed E-state index contributed by atoms with van der Waals surface area (Å²) in [5.41, 5.74) is 4.74. The third-order valence-corrected chi connectivity index (χ3v) is 4.37. The van der Waals surface area contributed by atoms with E-state index < -0.39 is 0 Å². The molecule has 0 saturated carbocycles. The van der Waals surface area contributed by atoms with Crippen LogP contribution in [-0.2, 0) is 6.54 Å². The van der Waals surface area contributed by atoms with E-state index in [9.17, 15) is 0 Å². The summed E-state index contributed by atoms with van der Waals surface area (Å²) in [4.78, 5) is 11.2. The molecular weight excluding hydrogens is 270 g/mol. The van der Waals surface area contributed by atoms with Gasteiger partial charge in [-0.15, -0.1) is 0 Å². The Hall–Kier alpha value is -2.26. The summed E-state index contributed by atoms with van der Waals surface area (Å²) in [6.07, 6.45) is 8.28. The molecule has 0 aliphatic carbocycles. The first-order chi connectivity index (χ1) is 10.9. The highest BCUT2D eigenvalue weighted by Crippen LogP contribution is 2.23. The molecule has 4 rings (SSSR count). The number of hydrogen-bond donors (Lipinski definition) is 0. The molecule has 0 bridgehead atoms. The summed E-state index contributed by atoms with van der Waals surface area (Å²) in [7, 11) is 0. The highest BCUT2D eigenvalue weighted by atomic mass is 15.1. The molecule has 3 aromatic rings. The van der Waals surface area contributed by atoms with E-state index in [0.29, 0.717) is 0 Å². The number of benzene rings is 1. The first kappa shape index (κ1) is 13.4. The van der Waals surface area contributed by atoms with Gasteiger partial charge in [-0.2, -0.15) is 0 Å². The Morgan fingerprint density at radius 1 is 0.909 bits per heavy atom. The fourth-order valence-electron chi connectivity index (χ4n) is 3.13. The summed E-state index contributed by atoms with van der Waals surface area (Å²) < 4.78 is 0. The van der Waals surface area contributed by atoms with Gasteiger partial charge >= 0.3 is 0 Å². The minimum absolute atomic E-state index is 0.990. The maximum atomic E-state index is 4.51. The van der Waals surface area contributed by atoms with Gasteiger partial charge in [0.25, 0.3) is 0 Å². The van der Waals surface area contributed by atoms with Crippen molar-refractivity contribution in [2.24, 2.45) is 0 Å². The lowest BCUT2D eigenvalue weighted by Gasteiger charge is -2.14. The lowest BCUT2D eigenvalue weighted by molar-refractivity contribution is 0.331. The molecule has 1 aliphatic rings. The zero-order valence-corrected chi connectivity index (χ0v) is 12.6. The van der Waals surface area contributed by atoms with E-state index in [2.05, 4.69) is 45.2 Å². The van der Waals surface area contributed by atoms with Crippen molar-refractivity contribution < 1.29 is 0 Å². The van der Waals surface area contributed by atoms with Crippen LogP contribution in [0.4, 0.5) is 0 Å². The van der Waals surface area contributed by atoms with Crippen molar-refractivity contribution >= 4 is 10.9 Å². The van der Waals surface area contributed by atoms with Gasteiger partial charge in [-0.25, -0.2) is 0 Å². The van der Waals surface area contributed by atoms with Crippen LogP contribution in [0.25, 0.3) is 22.0 Å². The van der Waals surface area contributed by atoms with E-state index in [0.717, 1.165) is 23.0 Å². The minimum atomic E-state index is 0.990. The molecule has 110 valence electrons. The van der Waals surface area contributed by atoms with Crippen LogP contribution >= 0.6 is 0 Å². The quantitative estimate of drug-likeness (QED) is 0.732. The molecule has 0 radical (unpaired) electrons. The molecule has 2 aromatic heterocycles. The molecule has 1 saturated heterocycles. The molecule has 0 spiro atoms. The van der Waals surface area contributed by atoms with Crippen molar-refractivity contribution in [3.05, 3.63) is 60.6 Å². The van der Waals surface area contributed by atoms with E-state index in [-0.39, 0.29) is 0 Å². The van der Waals surface area contributed by atoms with Crippen molar-refractivity contribution in [1.29, 1.82) is 0 Å². The lowest BCUT2D eigenvalue weighted by Crippen LogP contribution is -2.18. The number of rotatable bonds is 3. The number of likely N-dealkylation sites (tertiary alicyclic amines) is 1. The van der Waals surface area contributed by atoms with Crippen LogP contribution < -0.4 is 0 Å². The van der Waals surface area contributed by atoms with Crippen LogP contribution in [0, 0.1) is 0 Å². The van der Waals surface area contributed by atoms with Crippen LogP contribution in [-0.4, -0.2) is 28.0 Å². The molecule has 3 nitrogen and oxygen atoms in total. The van der Waals surface area contributed by atoms with Gasteiger partial charge in [-0.3, -0.25) is 14.9 Å². The molecule has 0 atom stereocenters. The summed E-state index contributed by atoms with van der Waals surface area (Å²) in [6.45, 7) is 3.55. The predicted octanol–water partition coefficient (Wildman–Crippen LogP) is 3.89. The van der Waals surface area contributed by atoms with E-state index in [4.69, 9.17) is 0 Å². The summed E-state index contributed by atoms with van der Waals surface area (Å²) in [5.74, 6) is 0. The summed E-state index contributed by atoms with van der Waals surface area (Å²) >= 11 is 0. The smallest absolute Gasteiger partial charge is 0.0733 e. The Kier molecular flexibility index (Phi) is 3.57. The fraction of sp³-hybridized carbons (Fsp3) is 0.263. The number of nitrogens with zero attached hydrogens (tertiary/aromatic N) is 3. The van der Waals surface area contributed by atoms with E-state index in [1.54, 1.807) is 6.20 Å². The average Bonchev–Trinajstić information content (AvgIpc) is 3.08. The maximum Gasteiger partial charge on any atom is 0.0733 e. The first-order valence-electron chi connectivity index (χ1n) is 7.90. The van der Waals surface area contributed by atoms with E-state index in [1.807, 2.05) is 18.5 Å². The Bertz CT molecular complexity index is 774. The third-order valence-electron chi connectivity index (χ3n) is 4.37. The van der Waals surface area contributed by atoms with Crippen LogP contribution in [0.3, 0.4) is 0 Å². The fourth-order valence-corrected chi connectivity index (χ4v) is 3.13. The van der Waals surface area contributed by atoms with Crippen molar-refractivity contribution in [3.63, 3.8) is 0 Å². The van der Waals surface area contributed by atoms with Crippen LogP contribution in [0.1, 0.15) is 18.4 Å². The molecule has 0 N–H and O–H groups in total. The Labute approximate surface area is 130 Å². The van der Waals surface area contributed by atoms with Crippen LogP contribution in [0.5, 0.6) is 0 Å². The molecule has 1 fully saturated rings. The molecule has 0 unspecified atom stereocenters. The zero-order valence-electron chi connectivity index (χ0n) is 12.6. The molecule has 3 heterocycles. The zero-order chi connectivity index (χ0) is 14.8. The van der Waals surface area contributed by atoms with Gasteiger partial charge in [0, 0.05) is 36.1 Å². The van der Waals surface area contributed by atoms with Gasteiger partial charge in [-0.05, 0) is 49.2 Å². The molecule has 0 amide bonds. The maximum absolute atomic E-state index is 4.51. The second-order valence-electron chi connectivity index (χ2n) is 5.97. The number of pyridine rings is 2. The Morgan fingerprint density at radius 3 is 2.55 bits per heavy atom. The molecule has 22 heavy (non-hydrogen) atoms. The molecule has 1 aliphatic heterocycles. The van der Waals surface area contributed by atoms with Gasteiger partial charge < -0.3 is 0 Å². The van der Waals surface area contributed by atoms with E-state index >= 15 is 0 Å². The van der Waals surface area contributed by atoms with E-state index in [1.165, 1.54) is 37.1 Å². The van der Waals surface area contributed by atoms with Crippen LogP contribution in [0.2, 0.25) is 0 Å². The largest absolute Gasteiger partial charge is 0.299 e. The first-order valence-corrected chi connectivity index (χ1v) is 7.90. The van der Waals surface area contributed by atoms with Crippen LogP contribution in [0.15, 0.2) is 55.0 Å². The average molecular weight is 289 g/mol. The van der Waals surface area contributed by atoms with Crippen molar-refractivity contribution in [2.45, 2.75) is 19.4 Å². The van der Waals surface area contributed by atoms with Gasteiger partial charge in [0.05, 0.1) is 5.52 Å². The number of hydrogen-bond acceptors (Lipinski definition) is 3. The van der Waals surface area contributed by atoms with Crippen molar-refractivity contribution in [2.75, 3.05) is 13.1 Å². The highest BCUT2D eigenvalue weighted by molar-refractivity contribution is 5.82. The van der Waals surface area contributed by atoms with Gasteiger partial charge in [0.1, 0.15) is 0 Å². The SMILES string of the molecule is c1cc2ncc(-c3ccc(CN4CCCC4)cc3)cc2cn1. The second-order valence-corrected chi connectivity index (χ2v) is 5.97. The number of fused-ring (bicyclic) bond motifs is 1. The second kappa shape index (κ2) is 5.85. The summed E-state index contributed by atoms with van der Waals surface area (Å²) in [5, 5.41) is 1.08. The Morgan fingerprint density at radius 2 is 1.73 bits per heavy atom. The summed E-state index contributed by atoms with van der Waals surface area (Å²) in [6, 6.07) is 13.0. The highest BCUT2D eigenvalue weighted by Gasteiger charge is 2.11. The lowest BCUT2D eigenvalue weighted by atomic mass is 10.0. The van der Waals surface area contributed by atoms with Gasteiger partial charge in [-0.1, -0.05) is 24.3 Å². The van der Waals surface area contributed by atoms with Gasteiger partial charge in [0.2, 0.25) is 0 Å². The monoisotopic (exact) mass is 289 g/mol. The predicted molar refractivity (Wildman–Crippen MR) is 89.5 cm³/mol. The van der Waals surface area contributed by atoms with Crippen molar-refractivity contribution in [1.82, 2.24) is 14.9 Å². The number of aromatic nitrogens is 2.